The molecule has 81 heavy (non-hydrogen) atoms. The van der Waals surface area contributed by atoms with Gasteiger partial charge in [0.1, 0.15) is 6.07 Å². The Morgan fingerprint density at radius 2 is 0.654 bits per heavy atom. The minimum absolute atomic E-state index is 0.358. The van der Waals surface area contributed by atoms with E-state index in [2.05, 4.69) is 291 Å². The van der Waals surface area contributed by atoms with Crippen LogP contribution < -0.4 is 0 Å². The van der Waals surface area contributed by atoms with Crippen LogP contribution in [0.3, 0.4) is 0 Å². The molecule has 17 rings (SSSR count). The van der Waals surface area contributed by atoms with E-state index >= 15 is 0 Å². The summed E-state index contributed by atoms with van der Waals surface area (Å²) in [6.07, 6.45) is 0. The first-order valence-corrected chi connectivity index (χ1v) is 27.4. The van der Waals surface area contributed by atoms with E-state index in [1.807, 2.05) is 0 Å². The van der Waals surface area contributed by atoms with Gasteiger partial charge in [-0.15, -0.1) is 0 Å². The van der Waals surface area contributed by atoms with Crippen molar-refractivity contribution < 1.29 is 0 Å². The van der Waals surface area contributed by atoms with Crippen LogP contribution in [0.4, 0.5) is 5.69 Å². The molecule has 0 fully saturated rings. The lowest BCUT2D eigenvalue weighted by molar-refractivity contribution is 0.769. The number of hydrogen-bond acceptors (Lipinski definition) is 1. The molecule has 6 heteroatoms. The number of fused-ring (bicyclic) bond motifs is 15. The minimum atomic E-state index is -0.650. The molecule has 0 saturated heterocycles. The molecule has 374 valence electrons. The van der Waals surface area contributed by atoms with Gasteiger partial charge in [-0.2, -0.15) is 5.26 Å². The van der Waals surface area contributed by atoms with Gasteiger partial charge in [-0.05, 0) is 88.0 Å². The Labute approximate surface area is 465 Å². The van der Waals surface area contributed by atoms with E-state index in [4.69, 9.17) is 4.85 Å². The van der Waals surface area contributed by atoms with Gasteiger partial charge in [0.25, 0.3) is 0 Å². The van der Waals surface area contributed by atoms with Gasteiger partial charge in [0.05, 0.1) is 84.4 Å². The SMILES string of the molecule is [C-]#[N+]c1c(-n2c3ccccc3c3ccccc32)c(C#N)c(-n2c3ccccc3c3cc4c(cc32)-c2ccccc2C4(c2ccccc2)c2ccccc2)c(-n2c3ccccc3c3ccccc32)c1-n1c2ccccc2c2ccccc21. The van der Waals surface area contributed by atoms with Crippen molar-refractivity contribution in [2.75, 3.05) is 0 Å². The molecule has 16 aromatic rings. The second-order valence-electron chi connectivity index (χ2n) is 21.2. The first kappa shape index (κ1) is 44.9. The molecule has 0 bridgehead atoms. The molecule has 1 aliphatic carbocycles. The van der Waals surface area contributed by atoms with Gasteiger partial charge in [-0.1, -0.05) is 212 Å². The lowest BCUT2D eigenvalue weighted by atomic mass is 9.67. The summed E-state index contributed by atoms with van der Waals surface area (Å²) in [6, 6.07) is 98.3. The van der Waals surface area contributed by atoms with Crippen LogP contribution in [-0.2, 0) is 5.41 Å². The molecule has 4 heterocycles. The van der Waals surface area contributed by atoms with Crippen LogP contribution >= 0.6 is 0 Å². The van der Waals surface area contributed by atoms with Crippen LogP contribution in [0.15, 0.2) is 267 Å². The summed E-state index contributed by atoms with van der Waals surface area (Å²) < 4.78 is 9.24. The maximum absolute atomic E-state index is 12.7. The fourth-order valence-electron chi connectivity index (χ4n) is 14.4. The second-order valence-corrected chi connectivity index (χ2v) is 21.2. The Bertz CT molecular complexity index is 5240. The van der Waals surface area contributed by atoms with E-state index < -0.39 is 5.41 Å². The van der Waals surface area contributed by atoms with Crippen LogP contribution in [0, 0.1) is 17.9 Å². The number of nitriles is 1. The van der Waals surface area contributed by atoms with Crippen molar-refractivity contribution in [3.8, 4) is 39.9 Å². The van der Waals surface area contributed by atoms with E-state index in [1.165, 1.54) is 22.3 Å². The van der Waals surface area contributed by atoms with E-state index in [1.54, 1.807) is 0 Å². The fraction of sp³-hybridized carbons (Fsp3) is 0.0133. The van der Waals surface area contributed by atoms with E-state index in [9.17, 15) is 11.8 Å². The minimum Gasteiger partial charge on any atom is -0.318 e. The van der Waals surface area contributed by atoms with Gasteiger partial charge in [0, 0.05) is 43.1 Å². The Morgan fingerprint density at radius 1 is 0.309 bits per heavy atom. The zero-order chi connectivity index (χ0) is 53.5. The summed E-state index contributed by atoms with van der Waals surface area (Å²) in [5, 5.41) is 21.2. The van der Waals surface area contributed by atoms with Gasteiger partial charge in [0.15, 0.2) is 0 Å². The quantitative estimate of drug-likeness (QED) is 0.153. The highest BCUT2D eigenvalue weighted by atomic mass is 15.1. The highest BCUT2D eigenvalue weighted by molar-refractivity contribution is 6.17. The number of para-hydroxylation sites is 7. The summed E-state index contributed by atoms with van der Waals surface area (Å²) in [5.74, 6) is 0. The van der Waals surface area contributed by atoms with Gasteiger partial charge in [0.2, 0.25) is 5.69 Å². The number of nitrogens with zero attached hydrogens (tertiary/aromatic N) is 6. The van der Waals surface area contributed by atoms with E-state index in [0.29, 0.717) is 28.3 Å². The molecule has 0 aliphatic heterocycles. The zero-order valence-corrected chi connectivity index (χ0v) is 43.6. The third-order valence-corrected chi connectivity index (χ3v) is 17.5. The number of benzene rings is 12. The van der Waals surface area contributed by atoms with Crippen LogP contribution in [0.2, 0.25) is 0 Å². The molecule has 0 spiro atoms. The molecule has 1 aliphatic rings. The molecule has 0 N–H and O–H groups in total. The molecule has 0 radical (unpaired) electrons. The Kier molecular flexibility index (Phi) is 9.37. The van der Waals surface area contributed by atoms with Crippen molar-refractivity contribution in [1.29, 1.82) is 5.26 Å². The predicted octanol–water partition coefficient (Wildman–Crippen LogP) is 18.9. The zero-order valence-electron chi connectivity index (χ0n) is 43.6. The Hall–Kier alpha value is -11.2. The average molecular weight is 1030 g/mol. The third kappa shape index (κ3) is 5.87. The van der Waals surface area contributed by atoms with Gasteiger partial charge in [-0.25, -0.2) is 4.85 Å². The standard InChI is InChI=1S/C75H44N6/c1-77-70-71(78-62-37-17-9-29-50(62)51-30-10-18-38-63(51)78)59(46-76)72(74(80-66-41-21-13-33-54(66)55-34-14-22-42-67(55)80)73(70)79-64-39-19-11-31-52(64)53-32-12-20-40-65(53)79)81-68-43-23-15-35-56(68)58-44-61-57(45-69(58)81)49-28-8-16-36-60(49)75(61,47-24-4-2-5-25-47)48-26-6-3-7-27-48/h2-45H. The topological polar surface area (TPSA) is 47.9 Å². The lowest BCUT2D eigenvalue weighted by Gasteiger charge is -2.34. The molecular formula is C75H44N6. The summed E-state index contributed by atoms with van der Waals surface area (Å²) in [5.41, 5.74) is 17.2. The molecule has 12 aromatic carbocycles. The smallest absolute Gasteiger partial charge is 0.237 e. The van der Waals surface area contributed by atoms with Crippen molar-refractivity contribution >= 4 is 92.9 Å². The van der Waals surface area contributed by atoms with Gasteiger partial charge >= 0.3 is 0 Å². The van der Waals surface area contributed by atoms with Crippen molar-refractivity contribution in [2.24, 2.45) is 0 Å². The first-order chi connectivity index (χ1) is 40.2. The van der Waals surface area contributed by atoms with E-state index in [0.717, 1.165) is 104 Å². The van der Waals surface area contributed by atoms with Crippen LogP contribution in [-0.4, -0.2) is 18.3 Å². The molecular weight excluding hydrogens is 985 g/mol. The maximum atomic E-state index is 12.7. The molecule has 0 unspecified atom stereocenters. The third-order valence-electron chi connectivity index (χ3n) is 17.5. The Morgan fingerprint density at radius 3 is 1.07 bits per heavy atom. The highest BCUT2D eigenvalue weighted by Crippen LogP contribution is 2.59. The summed E-state index contributed by atoms with van der Waals surface area (Å²) in [6.45, 7) is 9.79. The second kappa shape index (κ2) is 16.9. The van der Waals surface area contributed by atoms with Crippen molar-refractivity contribution in [3.05, 3.63) is 306 Å². The lowest BCUT2D eigenvalue weighted by Crippen LogP contribution is -2.28. The molecule has 0 saturated carbocycles. The van der Waals surface area contributed by atoms with Crippen molar-refractivity contribution in [1.82, 2.24) is 18.3 Å². The van der Waals surface area contributed by atoms with Crippen LogP contribution in [0.1, 0.15) is 27.8 Å². The largest absolute Gasteiger partial charge is 0.318 e. The molecule has 6 nitrogen and oxygen atoms in total. The summed E-state index contributed by atoms with van der Waals surface area (Å²) in [7, 11) is 0. The summed E-state index contributed by atoms with van der Waals surface area (Å²) in [4.78, 5) is 4.78. The van der Waals surface area contributed by atoms with Crippen LogP contribution in [0.5, 0.6) is 0 Å². The average Bonchev–Trinajstić information content (AvgIpc) is 4.51. The molecule has 0 amide bonds. The van der Waals surface area contributed by atoms with Crippen LogP contribution in [0.25, 0.3) is 126 Å². The molecule has 0 atom stereocenters. The predicted molar refractivity (Wildman–Crippen MR) is 332 cm³/mol. The first-order valence-electron chi connectivity index (χ1n) is 27.4. The van der Waals surface area contributed by atoms with E-state index in [-0.39, 0.29) is 0 Å². The Balaban J connectivity index is 1.15. The van der Waals surface area contributed by atoms with Crippen molar-refractivity contribution in [2.45, 2.75) is 5.41 Å². The fourth-order valence-corrected chi connectivity index (χ4v) is 14.4. The molecule has 4 aromatic heterocycles. The monoisotopic (exact) mass is 1030 g/mol. The highest BCUT2D eigenvalue weighted by Gasteiger charge is 2.47. The number of aromatic nitrogens is 4. The van der Waals surface area contributed by atoms with Crippen molar-refractivity contribution in [3.63, 3.8) is 0 Å². The summed E-state index contributed by atoms with van der Waals surface area (Å²) >= 11 is 0. The number of rotatable bonds is 6. The maximum Gasteiger partial charge on any atom is 0.237 e. The number of hydrogen-bond donors (Lipinski definition) is 0. The normalized spacial score (nSPS) is 12.8. The van der Waals surface area contributed by atoms with Gasteiger partial charge < -0.3 is 18.3 Å². The van der Waals surface area contributed by atoms with Gasteiger partial charge in [-0.3, -0.25) is 0 Å².